The Bertz CT molecular complexity index is 1940. The molecule has 1 unspecified atom stereocenters. The molecular formula is C23H16F6N4O12S2. The highest BCUT2D eigenvalue weighted by Crippen LogP contribution is 2.38. The fraction of sp³-hybridized carbons (Fsp3) is 0.217. The molecule has 0 aliphatic heterocycles. The molecule has 0 saturated carbocycles. The van der Waals surface area contributed by atoms with Gasteiger partial charge in [-0.05, 0) is 30.3 Å². The normalized spacial score (nSPS) is 13.0. The van der Waals surface area contributed by atoms with Crippen molar-refractivity contribution in [2.24, 2.45) is 0 Å². The summed E-state index contributed by atoms with van der Waals surface area (Å²) < 4.78 is 136. The number of anilines is 1. The highest BCUT2D eigenvalue weighted by Gasteiger charge is 2.48. The molecule has 24 heteroatoms. The number of para-hydroxylation sites is 2. The van der Waals surface area contributed by atoms with E-state index in [0.29, 0.717) is 24.3 Å². The Morgan fingerprint density at radius 3 is 1.60 bits per heavy atom. The number of nitro groups is 3. The van der Waals surface area contributed by atoms with Crippen molar-refractivity contribution < 1.29 is 67.4 Å². The summed E-state index contributed by atoms with van der Waals surface area (Å²) in [4.78, 5) is 28.1. The number of nitro benzene ring substituents is 3. The van der Waals surface area contributed by atoms with Crippen LogP contribution in [0.1, 0.15) is 0 Å². The lowest BCUT2D eigenvalue weighted by Crippen LogP contribution is -2.33. The van der Waals surface area contributed by atoms with Crippen molar-refractivity contribution in [2.45, 2.75) is 26.9 Å². The van der Waals surface area contributed by atoms with Crippen molar-refractivity contribution in [2.75, 3.05) is 18.5 Å². The van der Waals surface area contributed by atoms with Gasteiger partial charge >= 0.3 is 22.4 Å². The molecule has 3 rings (SSSR count). The quantitative estimate of drug-likeness (QED) is 0.141. The highest BCUT2D eigenvalue weighted by molar-refractivity contribution is 7.92. The van der Waals surface area contributed by atoms with E-state index in [9.17, 15) is 73.5 Å². The van der Waals surface area contributed by atoms with Crippen molar-refractivity contribution in [3.05, 3.63) is 91.0 Å². The molecule has 0 aliphatic carbocycles. The third-order valence-corrected chi connectivity index (χ3v) is 8.79. The van der Waals surface area contributed by atoms with E-state index in [4.69, 9.17) is 9.47 Å². The number of hydrogen-bond donors (Lipinski definition) is 1. The Morgan fingerprint density at radius 2 is 1.13 bits per heavy atom. The largest absolute Gasteiger partial charge is 0.501 e. The van der Waals surface area contributed by atoms with E-state index < -0.39 is 103 Å². The number of hydrogen-bond acceptors (Lipinski definition) is 13. The van der Waals surface area contributed by atoms with E-state index in [-0.39, 0.29) is 17.8 Å². The number of nitrogens with zero attached hydrogens (tertiary/aromatic N) is 3. The first kappa shape index (κ1) is 36.2. The van der Waals surface area contributed by atoms with Crippen LogP contribution >= 0.6 is 0 Å². The van der Waals surface area contributed by atoms with Crippen LogP contribution < -0.4 is 14.8 Å². The molecule has 0 bridgehead atoms. The maximum Gasteiger partial charge on any atom is 0.501 e. The van der Waals surface area contributed by atoms with Crippen molar-refractivity contribution in [1.29, 1.82) is 0 Å². The van der Waals surface area contributed by atoms with E-state index >= 15 is 0 Å². The van der Waals surface area contributed by atoms with Crippen LogP contribution in [0.25, 0.3) is 0 Å². The average molecular weight is 719 g/mol. The number of nitrogens with one attached hydrogen (secondary N) is 1. The number of halogens is 6. The van der Waals surface area contributed by atoms with E-state index in [1.807, 2.05) is 0 Å². The molecule has 0 spiro atoms. The molecule has 3 aromatic carbocycles. The monoisotopic (exact) mass is 718 g/mol. The van der Waals surface area contributed by atoms with Gasteiger partial charge in [-0.1, -0.05) is 12.1 Å². The summed E-state index contributed by atoms with van der Waals surface area (Å²) in [5.41, 5.74) is -14.9. The smallest absolute Gasteiger partial charge is 0.483 e. The summed E-state index contributed by atoms with van der Waals surface area (Å²) in [5.74, 6) is -1.70. The maximum atomic E-state index is 13.0. The van der Waals surface area contributed by atoms with Gasteiger partial charge in [-0.3, -0.25) is 30.3 Å². The lowest BCUT2D eigenvalue weighted by molar-refractivity contribution is -0.386. The van der Waals surface area contributed by atoms with Crippen molar-refractivity contribution >= 4 is 42.4 Å². The van der Waals surface area contributed by atoms with Gasteiger partial charge in [-0.15, -0.1) is 0 Å². The summed E-state index contributed by atoms with van der Waals surface area (Å²) in [6, 6.07) is 6.63. The third-order valence-electron chi connectivity index (χ3n) is 5.82. The molecule has 3 aromatic rings. The van der Waals surface area contributed by atoms with Gasteiger partial charge < -0.3 is 14.8 Å². The summed E-state index contributed by atoms with van der Waals surface area (Å²) in [6.07, 6.45) is -1.63. The van der Waals surface area contributed by atoms with Crippen LogP contribution in [0.3, 0.4) is 0 Å². The van der Waals surface area contributed by atoms with E-state index in [1.165, 1.54) is 18.2 Å². The predicted molar refractivity (Wildman–Crippen MR) is 144 cm³/mol. The van der Waals surface area contributed by atoms with Crippen LogP contribution in [0.2, 0.25) is 0 Å². The Hall–Kier alpha value is -5.26. The molecule has 0 amide bonds. The summed E-state index contributed by atoms with van der Waals surface area (Å²) in [7, 11) is -12.1. The zero-order valence-electron chi connectivity index (χ0n) is 22.6. The van der Waals surface area contributed by atoms with Gasteiger partial charge in [0, 0.05) is 18.2 Å². The van der Waals surface area contributed by atoms with Gasteiger partial charge in [-0.2, -0.15) is 26.3 Å². The molecule has 254 valence electrons. The third kappa shape index (κ3) is 7.94. The first-order chi connectivity index (χ1) is 21.6. The van der Waals surface area contributed by atoms with Gasteiger partial charge in [0.1, 0.15) is 12.3 Å². The zero-order valence-corrected chi connectivity index (χ0v) is 24.2. The second kappa shape index (κ2) is 13.2. The molecule has 16 nitrogen and oxygen atoms in total. The van der Waals surface area contributed by atoms with Gasteiger partial charge in [0.05, 0.1) is 31.1 Å². The second-order valence-corrected chi connectivity index (χ2v) is 12.8. The van der Waals surface area contributed by atoms with Crippen LogP contribution in [-0.4, -0.2) is 61.9 Å². The van der Waals surface area contributed by atoms with Gasteiger partial charge in [-0.25, -0.2) is 16.8 Å². The molecule has 0 aliphatic rings. The fourth-order valence-electron chi connectivity index (χ4n) is 3.61. The predicted octanol–water partition coefficient (Wildman–Crippen LogP) is 4.94. The Morgan fingerprint density at radius 1 is 0.681 bits per heavy atom. The molecular weight excluding hydrogens is 702 g/mol. The molecule has 47 heavy (non-hydrogen) atoms. The minimum absolute atomic E-state index is 0.0379. The van der Waals surface area contributed by atoms with Crippen LogP contribution in [0.15, 0.2) is 70.5 Å². The molecule has 0 aromatic heterocycles. The summed E-state index contributed by atoms with van der Waals surface area (Å²) >= 11 is 0. The molecule has 1 atom stereocenters. The highest BCUT2D eigenvalue weighted by atomic mass is 32.2. The first-order valence-electron chi connectivity index (χ1n) is 12.0. The minimum Gasteiger partial charge on any atom is -0.483 e. The van der Waals surface area contributed by atoms with Crippen LogP contribution in [0, 0.1) is 30.3 Å². The lowest BCUT2D eigenvalue weighted by Gasteiger charge is -2.21. The van der Waals surface area contributed by atoms with Crippen molar-refractivity contribution in [3.63, 3.8) is 0 Å². The Kier molecular flexibility index (Phi) is 10.2. The standard InChI is InChI=1S/C23H16F6N4O12S2/c24-22(25,26)46(40,41)14-5-7-20(18(9-14)32(36)37)44-12-13(11-30-16-3-1-2-4-17(16)31(34)35)45-21-8-6-15(10-19(21)33(38)39)47(42,43)23(27,28)29/h1-10,13,30H,11-12H2. The van der Waals surface area contributed by atoms with Crippen LogP contribution in [0.5, 0.6) is 11.5 Å². The van der Waals surface area contributed by atoms with Crippen molar-refractivity contribution in [1.82, 2.24) is 0 Å². The number of ether oxygens (including phenoxy) is 2. The minimum atomic E-state index is -6.06. The van der Waals surface area contributed by atoms with E-state index in [0.717, 1.165) is 6.07 Å². The first-order valence-corrected chi connectivity index (χ1v) is 15.0. The Balaban J connectivity index is 2.03. The van der Waals surface area contributed by atoms with Crippen LogP contribution in [0.4, 0.5) is 49.1 Å². The number of sulfone groups is 2. The molecule has 0 radical (unpaired) electrons. The SMILES string of the molecule is O=[N+]([O-])c1ccccc1NCC(COc1ccc(S(=O)(=O)C(F)(F)F)cc1[N+](=O)[O-])Oc1ccc(S(=O)(=O)C(F)(F)F)cc1[N+](=O)[O-]. The molecule has 0 fully saturated rings. The average Bonchev–Trinajstić information content (AvgIpc) is 2.97. The topological polar surface area (TPSA) is 228 Å². The summed E-state index contributed by atoms with van der Waals surface area (Å²) in [5, 5.41) is 37.1. The van der Waals surface area contributed by atoms with Gasteiger partial charge in [0.25, 0.3) is 25.4 Å². The molecule has 0 saturated heterocycles. The zero-order chi connectivity index (χ0) is 35.5. The van der Waals surface area contributed by atoms with Gasteiger partial charge in [0.2, 0.25) is 0 Å². The molecule has 1 N–H and O–H groups in total. The number of alkyl halides is 6. The fourth-order valence-corrected chi connectivity index (χ4v) is 5.17. The van der Waals surface area contributed by atoms with Crippen molar-refractivity contribution in [3.8, 4) is 11.5 Å². The Labute approximate surface area is 257 Å². The van der Waals surface area contributed by atoms with Crippen LogP contribution in [-0.2, 0) is 19.7 Å². The summed E-state index contributed by atoms with van der Waals surface area (Å²) in [6.45, 7) is -1.54. The lowest BCUT2D eigenvalue weighted by atomic mass is 10.2. The maximum absolute atomic E-state index is 13.0. The molecule has 0 heterocycles. The van der Waals surface area contributed by atoms with E-state index in [1.54, 1.807) is 0 Å². The van der Waals surface area contributed by atoms with E-state index in [2.05, 4.69) is 5.32 Å². The second-order valence-electron chi connectivity index (χ2n) is 8.88. The number of rotatable bonds is 13. The van der Waals surface area contributed by atoms with Gasteiger partial charge in [0.15, 0.2) is 17.6 Å². The number of benzene rings is 3.